The van der Waals surface area contributed by atoms with Crippen molar-refractivity contribution in [2.75, 3.05) is 0 Å². The van der Waals surface area contributed by atoms with Crippen LogP contribution in [0.5, 0.6) is 0 Å². The quantitative estimate of drug-likeness (QED) is 0.427. The maximum atomic E-state index is 11.0. The molecular weight excluding hydrogens is 370 g/mol. The number of alkyl halides is 1. The summed E-state index contributed by atoms with van der Waals surface area (Å²) < 4.78 is 61.1. The molecule has 0 aliphatic heterocycles. The second-order valence-corrected chi connectivity index (χ2v) is 6.23. The van der Waals surface area contributed by atoms with Crippen LogP contribution in [0.2, 0.25) is 0 Å². The van der Waals surface area contributed by atoms with Gasteiger partial charge in [-0.3, -0.25) is 9.11 Å². The van der Waals surface area contributed by atoms with Crippen LogP contribution in [-0.2, 0) is 25.6 Å². The molecule has 18 heavy (non-hydrogen) atoms. The van der Waals surface area contributed by atoms with E-state index in [0.717, 1.165) is 6.07 Å². The summed E-state index contributed by atoms with van der Waals surface area (Å²) in [5.41, 5.74) is 0.190. The Morgan fingerprint density at radius 1 is 1.00 bits per heavy atom. The summed E-state index contributed by atoms with van der Waals surface area (Å²) in [6.45, 7) is 0. The second kappa shape index (κ2) is 8.08. The Labute approximate surface area is 158 Å². The van der Waals surface area contributed by atoms with Crippen molar-refractivity contribution >= 4 is 95.3 Å². The molecule has 0 aromatic heterocycles. The van der Waals surface area contributed by atoms with Gasteiger partial charge in [0, 0.05) is 5.33 Å². The molecule has 0 bridgehead atoms. The van der Waals surface area contributed by atoms with Crippen LogP contribution in [0.25, 0.3) is 0 Å². The molecule has 0 aliphatic carbocycles. The molecule has 0 unspecified atom stereocenters. The normalized spacial score (nSPS) is 11.3. The Morgan fingerprint density at radius 3 is 1.83 bits per heavy atom. The van der Waals surface area contributed by atoms with Gasteiger partial charge in [-0.25, -0.2) is 0 Å². The van der Waals surface area contributed by atoms with Gasteiger partial charge in [-0.05, 0) is 17.7 Å². The number of halogens is 1. The van der Waals surface area contributed by atoms with Crippen LogP contribution < -0.4 is 0 Å². The summed E-state index contributed by atoms with van der Waals surface area (Å²) in [4.78, 5) is -1.15. The van der Waals surface area contributed by atoms with E-state index in [2.05, 4.69) is 15.9 Å². The molecule has 6 nitrogen and oxygen atoms in total. The first kappa shape index (κ1) is 21.8. The zero-order chi connectivity index (χ0) is 12.6. The van der Waals surface area contributed by atoms with Crippen LogP contribution in [0.15, 0.2) is 28.0 Å². The van der Waals surface area contributed by atoms with Crippen molar-refractivity contribution in [1.82, 2.24) is 0 Å². The van der Waals surface area contributed by atoms with Gasteiger partial charge >= 0.3 is 59.1 Å². The van der Waals surface area contributed by atoms with Crippen LogP contribution in [0.4, 0.5) is 0 Å². The number of hydrogen-bond donors (Lipinski definition) is 2. The maximum absolute atomic E-state index is 11.0. The van der Waals surface area contributed by atoms with E-state index in [1.165, 1.54) is 6.07 Å². The van der Waals surface area contributed by atoms with Crippen molar-refractivity contribution in [2.24, 2.45) is 0 Å². The summed E-state index contributed by atoms with van der Waals surface area (Å²) in [5, 5.41) is 0.119. The Bertz CT molecular complexity index is 613. The number of rotatable bonds is 3. The molecule has 0 saturated carbocycles. The van der Waals surface area contributed by atoms with E-state index >= 15 is 0 Å². The van der Waals surface area contributed by atoms with Crippen molar-refractivity contribution < 1.29 is 25.9 Å². The van der Waals surface area contributed by atoms with Gasteiger partial charge in [0.2, 0.25) is 0 Å². The van der Waals surface area contributed by atoms with Crippen molar-refractivity contribution in [3.63, 3.8) is 0 Å². The van der Waals surface area contributed by atoms with Crippen molar-refractivity contribution in [3.8, 4) is 0 Å². The van der Waals surface area contributed by atoms with Crippen LogP contribution in [-0.4, -0.2) is 85.1 Å². The van der Waals surface area contributed by atoms with Crippen molar-refractivity contribution in [1.29, 1.82) is 0 Å². The molecule has 94 valence electrons. The van der Waals surface area contributed by atoms with Crippen molar-refractivity contribution in [3.05, 3.63) is 23.8 Å². The first-order valence-corrected chi connectivity index (χ1v) is 7.80. The fraction of sp³-hybridized carbons (Fsp3) is 0.143. The Kier molecular flexibility index (Phi) is 9.79. The molecule has 1 aromatic carbocycles. The minimum absolute atomic E-state index is 0. The molecule has 0 fully saturated rings. The third-order valence-corrected chi connectivity index (χ3v) is 4.15. The summed E-state index contributed by atoms with van der Waals surface area (Å²) in [7, 11) is -9.04. The molecule has 0 heterocycles. The van der Waals surface area contributed by atoms with E-state index in [1.54, 1.807) is 0 Å². The van der Waals surface area contributed by atoms with E-state index in [4.69, 9.17) is 9.11 Å². The monoisotopic (exact) mass is 378 g/mol. The first-order chi connectivity index (χ1) is 7.16. The van der Waals surface area contributed by atoms with Crippen molar-refractivity contribution in [2.45, 2.75) is 15.1 Å². The predicted molar refractivity (Wildman–Crippen MR) is 73.0 cm³/mol. The van der Waals surface area contributed by atoms with Gasteiger partial charge in [0.15, 0.2) is 0 Å². The van der Waals surface area contributed by atoms with Gasteiger partial charge in [0.25, 0.3) is 20.2 Å². The van der Waals surface area contributed by atoms with Gasteiger partial charge in [-0.15, -0.1) is 0 Å². The first-order valence-electron chi connectivity index (χ1n) is 3.80. The number of benzene rings is 1. The fourth-order valence-electron chi connectivity index (χ4n) is 1.05. The second-order valence-electron chi connectivity index (χ2n) is 2.85. The van der Waals surface area contributed by atoms with E-state index in [1.807, 2.05) is 0 Å². The van der Waals surface area contributed by atoms with Crippen LogP contribution in [0, 0.1) is 0 Å². The third kappa shape index (κ3) is 5.88. The zero-order valence-corrected chi connectivity index (χ0v) is 10.9. The molecule has 2 N–H and O–H groups in total. The molecule has 0 amide bonds. The summed E-state index contributed by atoms with van der Waals surface area (Å²) in [5.74, 6) is 0. The van der Waals surface area contributed by atoms with E-state index in [-0.39, 0.29) is 70.0 Å². The molecule has 0 spiro atoms. The van der Waals surface area contributed by atoms with Gasteiger partial charge in [0.1, 0.15) is 0 Å². The SMILES string of the molecule is O=S(=O)(O)c1ccc(CBr)c(S(=O)(=O)O)c1.[NaH].[NaH]. The predicted octanol–water partition coefficient (Wildman–Crippen LogP) is -0.222. The summed E-state index contributed by atoms with van der Waals surface area (Å²) >= 11 is 2.99. The van der Waals surface area contributed by atoms with Crippen LogP contribution in [0.3, 0.4) is 0 Å². The molecule has 0 saturated heterocycles. The van der Waals surface area contributed by atoms with Gasteiger partial charge < -0.3 is 0 Å². The molecule has 0 aliphatic rings. The van der Waals surface area contributed by atoms with E-state index < -0.39 is 30.0 Å². The topological polar surface area (TPSA) is 109 Å². The number of hydrogen-bond acceptors (Lipinski definition) is 4. The summed E-state index contributed by atoms with van der Waals surface area (Å²) in [6, 6.07) is 2.92. The molecule has 1 rings (SSSR count). The Balaban J connectivity index is 0. The Morgan fingerprint density at radius 2 is 1.50 bits per heavy atom. The minimum atomic E-state index is -4.53. The van der Waals surface area contributed by atoms with Crippen LogP contribution in [0.1, 0.15) is 5.56 Å². The average Bonchev–Trinajstić information content (AvgIpc) is 2.14. The standard InChI is InChI=1S/C7H7BrO6S2.2Na.2H/c8-4-5-1-2-6(15(9,10)11)3-7(5)16(12,13)14;;;;/h1-3H,4H2,(H,9,10,11)(H,12,13,14);;;;. The van der Waals surface area contributed by atoms with Gasteiger partial charge in [-0.2, -0.15) is 16.8 Å². The summed E-state index contributed by atoms with van der Waals surface area (Å²) in [6.07, 6.45) is 0. The molecule has 0 atom stereocenters. The average molecular weight is 379 g/mol. The van der Waals surface area contributed by atoms with E-state index in [0.29, 0.717) is 6.07 Å². The van der Waals surface area contributed by atoms with E-state index in [9.17, 15) is 16.8 Å². The van der Waals surface area contributed by atoms with Crippen LogP contribution >= 0.6 is 15.9 Å². The zero-order valence-electron chi connectivity index (χ0n) is 7.66. The molecular formula is C7H9BrNa2O6S2. The Hall–Kier alpha value is 1.52. The third-order valence-electron chi connectivity index (χ3n) is 1.76. The van der Waals surface area contributed by atoms with Gasteiger partial charge in [-0.1, -0.05) is 22.0 Å². The molecule has 1 aromatic rings. The van der Waals surface area contributed by atoms with Gasteiger partial charge in [0.05, 0.1) is 9.79 Å². The molecule has 0 radical (unpaired) electrons. The fourth-order valence-corrected chi connectivity index (χ4v) is 3.05. The molecule has 11 heteroatoms.